The van der Waals surface area contributed by atoms with Gasteiger partial charge < -0.3 is 0 Å². The van der Waals surface area contributed by atoms with Crippen molar-refractivity contribution < 1.29 is 13.2 Å². The average molecular weight is 502 g/mol. The van der Waals surface area contributed by atoms with E-state index in [-0.39, 0.29) is 11.4 Å². The van der Waals surface area contributed by atoms with Gasteiger partial charge in [-0.25, -0.2) is 24.4 Å². The number of nitrogens with zero attached hydrogens (tertiary/aromatic N) is 8. The van der Waals surface area contributed by atoms with Crippen LogP contribution in [-0.2, 0) is 12.7 Å². The highest BCUT2D eigenvalue weighted by molar-refractivity contribution is 6.04. The van der Waals surface area contributed by atoms with Crippen LogP contribution >= 0.6 is 0 Å². The third kappa shape index (κ3) is 3.64. The van der Waals surface area contributed by atoms with Crippen molar-refractivity contribution in [3.8, 4) is 22.5 Å². The largest absolute Gasteiger partial charge is 0.418 e. The van der Waals surface area contributed by atoms with E-state index in [2.05, 4.69) is 25.0 Å². The number of pyridine rings is 1. The molecule has 0 N–H and O–H groups in total. The van der Waals surface area contributed by atoms with Crippen LogP contribution in [0.3, 0.4) is 0 Å². The number of halogens is 3. The molecule has 0 amide bonds. The lowest BCUT2D eigenvalue weighted by molar-refractivity contribution is -0.137. The number of benzene rings is 2. The Kier molecular flexibility index (Phi) is 5.10. The first kappa shape index (κ1) is 22.6. The fourth-order valence-electron chi connectivity index (χ4n) is 4.52. The summed E-state index contributed by atoms with van der Waals surface area (Å²) in [7, 11) is 0. The minimum absolute atomic E-state index is 0.0688. The lowest BCUT2D eigenvalue weighted by Gasteiger charge is -2.15. The highest BCUT2D eigenvalue weighted by atomic mass is 19.4. The lowest BCUT2D eigenvalue weighted by atomic mass is 10.0. The van der Waals surface area contributed by atoms with Gasteiger partial charge in [-0.3, -0.25) is 14.1 Å². The minimum Gasteiger partial charge on any atom is -0.290 e. The molecule has 184 valence electrons. The van der Waals surface area contributed by atoms with E-state index in [1.165, 1.54) is 33.9 Å². The second kappa shape index (κ2) is 8.36. The van der Waals surface area contributed by atoms with Crippen LogP contribution in [0.5, 0.6) is 0 Å². The molecular weight excluding hydrogens is 485 g/mol. The number of alkyl halides is 3. The summed E-state index contributed by atoms with van der Waals surface area (Å²) in [6.45, 7) is 2.10. The highest BCUT2D eigenvalue weighted by Gasteiger charge is 2.35. The molecule has 0 unspecified atom stereocenters. The van der Waals surface area contributed by atoms with Gasteiger partial charge in [-0.15, -0.1) is 0 Å². The van der Waals surface area contributed by atoms with Crippen LogP contribution in [0.25, 0.3) is 44.4 Å². The molecular formula is C25H17F3N8O. The lowest BCUT2D eigenvalue weighted by Crippen LogP contribution is -2.23. The van der Waals surface area contributed by atoms with E-state index in [1.807, 2.05) is 12.1 Å². The van der Waals surface area contributed by atoms with Crippen LogP contribution in [-0.4, -0.2) is 38.9 Å². The predicted molar refractivity (Wildman–Crippen MR) is 129 cm³/mol. The Labute approximate surface area is 206 Å². The summed E-state index contributed by atoms with van der Waals surface area (Å²) >= 11 is 0. The van der Waals surface area contributed by atoms with E-state index in [1.54, 1.807) is 31.6 Å². The molecule has 0 aliphatic rings. The third-order valence-corrected chi connectivity index (χ3v) is 6.18. The zero-order valence-corrected chi connectivity index (χ0v) is 19.3. The zero-order valence-electron chi connectivity index (χ0n) is 19.3. The van der Waals surface area contributed by atoms with E-state index in [0.717, 1.165) is 28.2 Å². The number of hydrogen-bond acceptors (Lipinski definition) is 6. The second-order valence-corrected chi connectivity index (χ2v) is 8.25. The first-order valence-electron chi connectivity index (χ1n) is 11.2. The van der Waals surface area contributed by atoms with E-state index >= 15 is 0 Å². The van der Waals surface area contributed by atoms with Crippen molar-refractivity contribution >= 4 is 21.9 Å². The number of aryl methyl sites for hydroxylation is 1. The maximum absolute atomic E-state index is 14.1. The molecule has 12 heteroatoms. The molecule has 6 aromatic rings. The van der Waals surface area contributed by atoms with Gasteiger partial charge in [0.05, 0.1) is 39.7 Å². The Morgan fingerprint density at radius 1 is 0.919 bits per heavy atom. The molecule has 0 spiro atoms. The van der Waals surface area contributed by atoms with Crippen LogP contribution < -0.4 is 5.69 Å². The summed E-state index contributed by atoms with van der Waals surface area (Å²) in [5.74, 6) is 0. The van der Waals surface area contributed by atoms with E-state index in [4.69, 9.17) is 0 Å². The summed E-state index contributed by atoms with van der Waals surface area (Å²) in [5.41, 5.74) is 1.54. The monoisotopic (exact) mass is 502 g/mol. The maximum atomic E-state index is 14.1. The van der Waals surface area contributed by atoms with Gasteiger partial charge >= 0.3 is 11.9 Å². The van der Waals surface area contributed by atoms with Crippen molar-refractivity contribution in [2.45, 2.75) is 19.6 Å². The summed E-state index contributed by atoms with van der Waals surface area (Å²) < 4.78 is 46.2. The van der Waals surface area contributed by atoms with Gasteiger partial charge in [0.2, 0.25) is 0 Å². The number of aromatic nitrogens is 8. The minimum atomic E-state index is -4.70. The van der Waals surface area contributed by atoms with Gasteiger partial charge in [-0.2, -0.15) is 18.3 Å². The van der Waals surface area contributed by atoms with Crippen molar-refractivity contribution in [1.82, 2.24) is 38.9 Å². The van der Waals surface area contributed by atoms with Gasteiger partial charge in [0.1, 0.15) is 19.0 Å². The average Bonchev–Trinajstić information content (AvgIpc) is 3.54. The van der Waals surface area contributed by atoms with E-state index in [9.17, 15) is 18.0 Å². The normalized spacial score (nSPS) is 12.0. The Morgan fingerprint density at radius 3 is 2.43 bits per heavy atom. The molecule has 0 radical (unpaired) electrons. The number of rotatable bonds is 4. The van der Waals surface area contributed by atoms with Crippen molar-refractivity contribution in [2.24, 2.45) is 0 Å². The smallest absolute Gasteiger partial charge is 0.290 e. The van der Waals surface area contributed by atoms with Crippen LogP contribution in [0.2, 0.25) is 0 Å². The molecule has 0 bridgehead atoms. The number of fused-ring (bicyclic) bond motifs is 3. The summed E-state index contributed by atoms with van der Waals surface area (Å²) in [5, 5.41) is 4.45. The van der Waals surface area contributed by atoms with Crippen molar-refractivity contribution in [3.05, 3.63) is 90.0 Å². The van der Waals surface area contributed by atoms with Crippen LogP contribution in [0, 0.1) is 0 Å². The molecule has 6 rings (SSSR count). The topological polar surface area (TPSA) is 96.3 Å². The molecule has 0 atom stereocenters. The summed E-state index contributed by atoms with van der Waals surface area (Å²) in [6.07, 6.45) is 3.95. The van der Waals surface area contributed by atoms with Gasteiger partial charge in [-0.1, -0.05) is 6.07 Å². The first-order chi connectivity index (χ1) is 17.9. The maximum Gasteiger partial charge on any atom is 0.418 e. The molecule has 2 aromatic carbocycles. The Morgan fingerprint density at radius 2 is 1.73 bits per heavy atom. The molecule has 37 heavy (non-hydrogen) atoms. The van der Waals surface area contributed by atoms with E-state index < -0.39 is 17.4 Å². The number of hydrogen-bond donors (Lipinski definition) is 0. The first-order valence-corrected chi connectivity index (χ1v) is 11.2. The molecule has 0 fully saturated rings. The molecule has 0 saturated carbocycles. The molecule has 4 heterocycles. The summed E-state index contributed by atoms with van der Waals surface area (Å²) in [6, 6.07) is 9.20. The predicted octanol–water partition coefficient (Wildman–Crippen LogP) is 4.42. The SMILES string of the molecule is CCn1c(=O)n(-c2ccc(-n3cncn3)c(C(F)(F)F)c2)c2c3cc(-c4cncnc4)ccc3ncc21. The standard InChI is InChI=1S/C25H17F3N8O/c1-2-34-22-11-32-20-5-3-15(16-9-29-12-30-10-16)7-18(20)23(22)36(24(34)37)17-4-6-21(35-14-31-13-33-35)19(8-17)25(26,27)28/h3-14H,2H2,1H3. The molecule has 4 aromatic heterocycles. The fourth-order valence-corrected chi connectivity index (χ4v) is 4.52. The van der Waals surface area contributed by atoms with Crippen LogP contribution in [0.1, 0.15) is 12.5 Å². The van der Waals surface area contributed by atoms with Crippen molar-refractivity contribution in [2.75, 3.05) is 0 Å². The molecule has 0 aliphatic heterocycles. The molecule has 0 aliphatic carbocycles. The second-order valence-electron chi connectivity index (χ2n) is 8.25. The van der Waals surface area contributed by atoms with Gasteiger partial charge in [0.25, 0.3) is 0 Å². The van der Waals surface area contributed by atoms with Crippen molar-refractivity contribution in [1.29, 1.82) is 0 Å². The Hall–Kier alpha value is -4.87. The third-order valence-electron chi connectivity index (χ3n) is 6.18. The highest BCUT2D eigenvalue weighted by Crippen LogP contribution is 2.36. The van der Waals surface area contributed by atoms with E-state index in [0.29, 0.717) is 28.5 Å². The quantitative estimate of drug-likeness (QED) is 0.354. The van der Waals surface area contributed by atoms with Gasteiger partial charge in [-0.05, 0) is 42.8 Å². The van der Waals surface area contributed by atoms with Gasteiger partial charge in [0.15, 0.2) is 0 Å². The molecule has 0 saturated heterocycles. The number of imidazole rings is 1. The Balaban J connectivity index is 1.68. The zero-order chi connectivity index (χ0) is 25.7. The van der Waals surface area contributed by atoms with Gasteiger partial charge in [0, 0.05) is 29.9 Å². The fraction of sp³-hybridized carbons (Fsp3) is 0.120. The van der Waals surface area contributed by atoms with Crippen molar-refractivity contribution in [3.63, 3.8) is 0 Å². The van der Waals surface area contributed by atoms with Crippen LogP contribution in [0.4, 0.5) is 13.2 Å². The summed E-state index contributed by atoms with van der Waals surface area (Å²) in [4.78, 5) is 29.9. The molecule has 9 nitrogen and oxygen atoms in total. The van der Waals surface area contributed by atoms with Crippen LogP contribution in [0.15, 0.2) is 78.8 Å². The Bertz CT molecular complexity index is 1820.